The van der Waals surface area contributed by atoms with Crippen molar-refractivity contribution in [3.05, 3.63) is 60.2 Å². The van der Waals surface area contributed by atoms with Crippen LogP contribution in [0.5, 0.6) is 5.75 Å². The number of hydrogen-bond acceptors (Lipinski definition) is 3. The molecule has 1 heterocycles. The second-order valence-corrected chi connectivity index (χ2v) is 6.03. The van der Waals surface area contributed by atoms with Crippen molar-refractivity contribution >= 4 is 10.8 Å². The lowest BCUT2D eigenvalue weighted by atomic mass is 9.80. The third-order valence-corrected chi connectivity index (χ3v) is 4.29. The number of rotatable bonds is 5. The van der Waals surface area contributed by atoms with Crippen molar-refractivity contribution in [2.45, 2.75) is 26.4 Å². The number of nitrogens with one attached hydrogen (secondary N) is 1. The predicted molar refractivity (Wildman–Crippen MR) is 91.5 cm³/mol. The maximum Gasteiger partial charge on any atom is 0.135 e. The molecule has 3 rings (SSSR count). The van der Waals surface area contributed by atoms with Gasteiger partial charge in [-0.2, -0.15) is 0 Å². The molecule has 3 aromatic rings. The summed E-state index contributed by atoms with van der Waals surface area (Å²) in [6.45, 7) is 6.61. The molecule has 2 N–H and O–H groups in total. The number of aromatic amines is 1. The molecule has 0 aliphatic rings. The first-order chi connectivity index (χ1) is 11.1. The number of benzene rings is 2. The molecule has 4 nitrogen and oxygen atoms in total. The molecule has 0 aliphatic carbocycles. The van der Waals surface area contributed by atoms with Gasteiger partial charge in [-0.3, -0.25) is 0 Å². The molecule has 0 saturated carbocycles. The van der Waals surface area contributed by atoms with Crippen LogP contribution in [0.3, 0.4) is 0 Å². The summed E-state index contributed by atoms with van der Waals surface area (Å²) in [6.07, 6.45) is 3.35. The van der Waals surface area contributed by atoms with Crippen molar-refractivity contribution in [1.82, 2.24) is 9.97 Å². The fraction of sp³-hybridized carbons (Fsp3) is 0.316. The maximum absolute atomic E-state index is 11.3. The Balaban J connectivity index is 2.10. The van der Waals surface area contributed by atoms with Crippen molar-refractivity contribution in [3.63, 3.8) is 0 Å². The van der Waals surface area contributed by atoms with Crippen LogP contribution >= 0.6 is 0 Å². The van der Waals surface area contributed by atoms with Crippen LogP contribution in [0.15, 0.2) is 48.9 Å². The van der Waals surface area contributed by atoms with Gasteiger partial charge in [0, 0.05) is 6.20 Å². The van der Waals surface area contributed by atoms with Gasteiger partial charge < -0.3 is 14.8 Å². The van der Waals surface area contributed by atoms with Crippen LogP contribution in [-0.4, -0.2) is 21.7 Å². The zero-order valence-corrected chi connectivity index (χ0v) is 13.7. The van der Waals surface area contributed by atoms with Gasteiger partial charge in [-0.25, -0.2) is 4.98 Å². The highest BCUT2D eigenvalue weighted by atomic mass is 16.5. The van der Waals surface area contributed by atoms with E-state index < -0.39 is 5.60 Å². The molecule has 120 valence electrons. The predicted octanol–water partition coefficient (Wildman–Crippen LogP) is 3.85. The summed E-state index contributed by atoms with van der Waals surface area (Å²) < 4.78 is 5.55. The lowest BCUT2D eigenvalue weighted by Crippen LogP contribution is -2.33. The second-order valence-electron chi connectivity index (χ2n) is 6.03. The fourth-order valence-corrected chi connectivity index (χ4v) is 2.96. The number of aromatic nitrogens is 2. The summed E-state index contributed by atoms with van der Waals surface area (Å²) in [6, 6.07) is 12.0. The van der Waals surface area contributed by atoms with Crippen LogP contribution in [0, 0.1) is 5.92 Å². The summed E-state index contributed by atoms with van der Waals surface area (Å²) in [5, 5.41) is 13.5. The van der Waals surface area contributed by atoms with E-state index in [4.69, 9.17) is 4.74 Å². The highest BCUT2D eigenvalue weighted by Gasteiger charge is 2.37. The number of H-pyrrole nitrogens is 1. The van der Waals surface area contributed by atoms with Gasteiger partial charge in [0.15, 0.2) is 0 Å². The molecule has 1 unspecified atom stereocenters. The van der Waals surface area contributed by atoms with Gasteiger partial charge in [-0.05, 0) is 47.4 Å². The number of nitrogens with zero attached hydrogens (tertiary/aromatic N) is 1. The van der Waals surface area contributed by atoms with Gasteiger partial charge in [-0.1, -0.05) is 32.0 Å². The van der Waals surface area contributed by atoms with E-state index in [-0.39, 0.29) is 5.92 Å². The molecule has 0 aliphatic heterocycles. The van der Waals surface area contributed by atoms with Crippen molar-refractivity contribution in [3.8, 4) is 5.75 Å². The summed E-state index contributed by atoms with van der Waals surface area (Å²) in [5.74, 6) is 0.852. The van der Waals surface area contributed by atoms with Crippen molar-refractivity contribution in [1.29, 1.82) is 0 Å². The monoisotopic (exact) mass is 310 g/mol. The second kappa shape index (κ2) is 6.05. The summed E-state index contributed by atoms with van der Waals surface area (Å²) >= 11 is 0. The summed E-state index contributed by atoms with van der Waals surface area (Å²) in [7, 11) is 0. The van der Waals surface area contributed by atoms with Crippen LogP contribution in [0.4, 0.5) is 0 Å². The Hall–Kier alpha value is -2.33. The van der Waals surface area contributed by atoms with Crippen LogP contribution in [0.2, 0.25) is 0 Å². The number of imidazole rings is 1. The molecule has 0 fully saturated rings. The summed E-state index contributed by atoms with van der Waals surface area (Å²) in [5.41, 5.74) is 0.362. The Morgan fingerprint density at radius 3 is 2.57 bits per heavy atom. The van der Waals surface area contributed by atoms with E-state index >= 15 is 0 Å². The minimum Gasteiger partial charge on any atom is -0.494 e. The Bertz CT molecular complexity index is 796. The van der Waals surface area contributed by atoms with Crippen LogP contribution < -0.4 is 4.74 Å². The standard InChI is InChI=1S/C19H22N2O2/c1-4-23-17-8-6-14-9-16(7-5-15(14)10-17)19(22,13(2)3)18-11-20-12-21-18/h5-13,22H,4H2,1-3H3,(H,20,21). The lowest BCUT2D eigenvalue weighted by Gasteiger charge is -2.31. The Morgan fingerprint density at radius 2 is 1.91 bits per heavy atom. The van der Waals surface area contributed by atoms with Gasteiger partial charge in [-0.15, -0.1) is 0 Å². The number of aliphatic hydroxyl groups is 1. The smallest absolute Gasteiger partial charge is 0.135 e. The van der Waals surface area contributed by atoms with Crippen molar-refractivity contribution in [2.75, 3.05) is 6.61 Å². The minimum absolute atomic E-state index is 0.00838. The van der Waals surface area contributed by atoms with E-state index in [0.29, 0.717) is 12.3 Å². The number of ether oxygens (including phenoxy) is 1. The van der Waals surface area contributed by atoms with Crippen LogP contribution in [-0.2, 0) is 5.60 Å². The maximum atomic E-state index is 11.3. The normalized spacial score (nSPS) is 14.1. The highest BCUT2D eigenvalue weighted by molar-refractivity contribution is 5.84. The highest BCUT2D eigenvalue weighted by Crippen LogP contribution is 2.37. The molecule has 23 heavy (non-hydrogen) atoms. The molecule has 0 saturated heterocycles. The van der Waals surface area contributed by atoms with Crippen molar-refractivity contribution in [2.24, 2.45) is 5.92 Å². The van der Waals surface area contributed by atoms with Crippen LogP contribution in [0.25, 0.3) is 10.8 Å². The topological polar surface area (TPSA) is 58.1 Å². The molecule has 1 atom stereocenters. The SMILES string of the molecule is CCOc1ccc2cc(C(O)(c3c[nH]cn3)C(C)C)ccc2c1. The lowest BCUT2D eigenvalue weighted by molar-refractivity contribution is 0.0281. The van der Waals surface area contributed by atoms with Gasteiger partial charge >= 0.3 is 0 Å². The zero-order chi connectivity index (χ0) is 16.4. The zero-order valence-electron chi connectivity index (χ0n) is 13.7. The Kier molecular flexibility index (Phi) is 4.09. The largest absolute Gasteiger partial charge is 0.494 e. The molecular weight excluding hydrogens is 288 g/mol. The van der Waals surface area contributed by atoms with Crippen molar-refractivity contribution < 1.29 is 9.84 Å². The van der Waals surface area contributed by atoms with Gasteiger partial charge in [0.1, 0.15) is 11.4 Å². The Morgan fingerprint density at radius 1 is 1.17 bits per heavy atom. The molecule has 0 radical (unpaired) electrons. The quantitative estimate of drug-likeness (QED) is 0.752. The van der Waals surface area contributed by atoms with Gasteiger partial charge in [0.25, 0.3) is 0 Å². The van der Waals surface area contributed by atoms with E-state index in [9.17, 15) is 5.11 Å². The van der Waals surface area contributed by atoms with Gasteiger partial charge in [0.05, 0.1) is 18.6 Å². The average Bonchev–Trinajstić information content (AvgIpc) is 3.08. The number of hydrogen-bond donors (Lipinski definition) is 2. The molecule has 2 aromatic carbocycles. The Labute approximate surface area is 136 Å². The van der Waals surface area contributed by atoms with E-state index in [1.54, 1.807) is 12.5 Å². The van der Waals surface area contributed by atoms with Gasteiger partial charge in [0.2, 0.25) is 0 Å². The third kappa shape index (κ3) is 2.70. The molecule has 1 aromatic heterocycles. The average molecular weight is 310 g/mol. The number of fused-ring (bicyclic) bond motifs is 1. The molecule has 0 bridgehead atoms. The molecule has 0 spiro atoms. The van der Waals surface area contributed by atoms with Crippen LogP contribution in [0.1, 0.15) is 32.0 Å². The third-order valence-electron chi connectivity index (χ3n) is 4.29. The van der Waals surface area contributed by atoms with E-state index in [2.05, 4.69) is 9.97 Å². The van der Waals surface area contributed by atoms with E-state index in [0.717, 1.165) is 22.1 Å². The first-order valence-electron chi connectivity index (χ1n) is 7.94. The molecular formula is C19H22N2O2. The minimum atomic E-state index is -1.12. The molecule has 0 amide bonds. The van der Waals surface area contributed by atoms with E-state index in [1.807, 2.05) is 57.2 Å². The summed E-state index contributed by atoms with van der Waals surface area (Å²) in [4.78, 5) is 7.21. The van der Waals surface area contributed by atoms with E-state index in [1.165, 1.54) is 0 Å². The molecule has 4 heteroatoms. The first kappa shape index (κ1) is 15.6. The first-order valence-corrected chi connectivity index (χ1v) is 7.94. The fourth-order valence-electron chi connectivity index (χ4n) is 2.96.